The SMILES string of the molecule is N=C/C(=C\N)c1ccc2ncc(-c3cccc(NC4CNC4)n3)n2c1. The van der Waals surface area contributed by atoms with Gasteiger partial charge in [0, 0.05) is 42.8 Å². The maximum atomic E-state index is 7.48. The summed E-state index contributed by atoms with van der Waals surface area (Å²) in [5.74, 6) is 0.858. The highest BCUT2D eigenvalue weighted by atomic mass is 15.1. The fourth-order valence-corrected chi connectivity index (χ4v) is 2.83. The highest BCUT2D eigenvalue weighted by Crippen LogP contribution is 2.23. The highest BCUT2D eigenvalue weighted by Gasteiger charge is 2.17. The summed E-state index contributed by atoms with van der Waals surface area (Å²) in [6, 6.07) is 10.2. The fraction of sp³-hybridized carbons (Fsp3) is 0.167. The molecule has 7 nitrogen and oxygen atoms in total. The topological polar surface area (TPSA) is 104 Å². The van der Waals surface area contributed by atoms with Crippen molar-refractivity contribution in [1.29, 1.82) is 5.41 Å². The van der Waals surface area contributed by atoms with Gasteiger partial charge in [0.25, 0.3) is 0 Å². The van der Waals surface area contributed by atoms with Crippen LogP contribution in [0.3, 0.4) is 0 Å². The van der Waals surface area contributed by atoms with Gasteiger partial charge in [-0.15, -0.1) is 0 Å². The van der Waals surface area contributed by atoms with E-state index < -0.39 is 0 Å². The first kappa shape index (κ1) is 15.3. The van der Waals surface area contributed by atoms with Crippen LogP contribution in [-0.4, -0.2) is 39.7 Å². The zero-order valence-corrected chi connectivity index (χ0v) is 13.6. The van der Waals surface area contributed by atoms with Crippen LogP contribution in [0.25, 0.3) is 22.6 Å². The first-order valence-electron chi connectivity index (χ1n) is 8.13. The predicted octanol–water partition coefficient (Wildman–Crippen LogP) is 1.73. The lowest BCUT2D eigenvalue weighted by molar-refractivity contribution is 0.471. The molecule has 3 aromatic rings. The Kier molecular flexibility index (Phi) is 3.91. The molecule has 3 aromatic heterocycles. The third kappa shape index (κ3) is 2.85. The molecule has 7 heteroatoms. The molecular formula is C18H19N7. The molecule has 0 radical (unpaired) electrons. The number of nitrogens with two attached hydrogens (primary N) is 1. The minimum absolute atomic E-state index is 0.432. The van der Waals surface area contributed by atoms with Crippen LogP contribution in [0.2, 0.25) is 0 Å². The van der Waals surface area contributed by atoms with Crippen LogP contribution in [-0.2, 0) is 0 Å². The van der Waals surface area contributed by atoms with Crippen molar-refractivity contribution in [3.05, 3.63) is 54.5 Å². The summed E-state index contributed by atoms with van der Waals surface area (Å²) >= 11 is 0. The minimum Gasteiger partial charge on any atom is -0.404 e. The average molecular weight is 333 g/mol. The number of nitrogens with zero attached hydrogens (tertiary/aromatic N) is 3. The van der Waals surface area contributed by atoms with Gasteiger partial charge in [-0.25, -0.2) is 9.97 Å². The van der Waals surface area contributed by atoms with Crippen LogP contribution in [0.4, 0.5) is 5.82 Å². The monoisotopic (exact) mass is 333 g/mol. The van der Waals surface area contributed by atoms with Crippen LogP contribution >= 0.6 is 0 Å². The van der Waals surface area contributed by atoms with Crippen molar-refractivity contribution in [3.63, 3.8) is 0 Å². The smallest absolute Gasteiger partial charge is 0.137 e. The number of fused-ring (bicyclic) bond motifs is 1. The Morgan fingerprint density at radius 2 is 2.20 bits per heavy atom. The highest BCUT2D eigenvalue weighted by molar-refractivity contribution is 6.08. The Bertz CT molecular complexity index is 953. The molecule has 1 aliphatic heterocycles. The van der Waals surface area contributed by atoms with Crippen LogP contribution in [0.15, 0.2) is 48.9 Å². The normalized spacial score (nSPS) is 15.1. The molecule has 126 valence electrons. The summed E-state index contributed by atoms with van der Waals surface area (Å²) in [6.07, 6.45) is 6.42. The van der Waals surface area contributed by atoms with Gasteiger partial charge in [0.05, 0.1) is 23.6 Å². The molecule has 1 aliphatic rings. The van der Waals surface area contributed by atoms with Gasteiger partial charge in [-0.3, -0.25) is 4.40 Å². The Morgan fingerprint density at radius 1 is 1.32 bits per heavy atom. The van der Waals surface area contributed by atoms with Crippen molar-refractivity contribution in [2.75, 3.05) is 18.4 Å². The minimum atomic E-state index is 0.432. The van der Waals surface area contributed by atoms with Crippen LogP contribution < -0.4 is 16.4 Å². The van der Waals surface area contributed by atoms with Crippen molar-refractivity contribution in [2.45, 2.75) is 6.04 Å². The van der Waals surface area contributed by atoms with Gasteiger partial charge in [-0.2, -0.15) is 0 Å². The molecule has 5 N–H and O–H groups in total. The summed E-state index contributed by atoms with van der Waals surface area (Å²) < 4.78 is 1.97. The lowest BCUT2D eigenvalue weighted by Crippen LogP contribution is -2.51. The number of allylic oxidation sites excluding steroid dienone is 1. The lowest BCUT2D eigenvalue weighted by atomic mass is 10.1. The van der Waals surface area contributed by atoms with Crippen molar-refractivity contribution in [1.82, 2.24) is 19.7 Å². The van der Waals surface area contributed by atoms with Crippen molar-refractivity contribution in [2.24, 2.45) is 5.73 Å². The molecule has 25 heavy (non-hydrogen) atoms. The van der Waals surface area contributed by atoms with E-state index in [1.165, 1.54) is 12.4 Å². The second-order valence-corrected chi connectivity index (χ2v) is 5.96. The van der Waals surface area contributed by atoms with Crippen LogP contribution in [0.1, 0.15) is 5.56 Å². The maximum absolute atomic E-state index is 7.48. The number of nitrogens with one attached hydrogen (secondary N) is 3. The fourth-order valence-electron chi connectivity index (χ4n) is 2.83. The van der Waals surface area contributed by atoms with E-state index in [0.29, 0.717) is 11.6 Å². The van der Waals surface area contributed by atoms with Gasteiger partial charge < -0.3 is 21.8 Å². The molecule has 4 rings (SSSR count). The molecule has 0 atom stereocenters. The summed E-state index contributed by atoms with van der Waals surface area (Å²) in [5, 5.41) is 14.1. The molecule has 0 unspecified atom stereocenters. The zero-order chi connectivity index (χ0) is 17.2. The van der Waals surface area contributed by atoms with Crippen molar-refractivity contribution >= 4 is 23.3 Å². The van der Waals surface area contributed by atoms with E-state index in [0.717, 1.165) is 41.5 Å². The largest absolute Gasteiger partial charge is 0.404 e. The third-order valence-electron chi connectivity index (χ3n) is 4.32. The van der Waals surface area contributed by atoms with Crippen LogP contribution in [0.5, 0.6) is 0 Å². The molecular weight excluding hydrogens is 314 g/mol. The van der Waals surface area contributed by atoms with E-state index in [4.69, 9.17) is 16.1 Å². The Morgan fingerprint density at radius 3 is 2.92 bits per heavy atom. The number of hydrogen-bond acceptors (Lipinski definition) is 6. The number of anilines is 1. The molecule has 0 amide bonds. The van der Waals surface area contributed by atoms with Gasteiger partial charge in [-0.05, 0) is 24.3 Å². The van der Waals surface area contributed by atoms with E-state index in [1.807, 2.05) is 47.1 Å². The van der Waals surface area contributed by atoms with Gasteiger partial charge in [0.1, 0.15) is 11.5 Å². The Hall–Kier alpha value is -3.19. The number of rotatable bonds is 5. The van der Waals surface area contributed by atoms with Crippen molar-refractivity contribution in [3.8, 4) is 11.4 Å². The van der Waals surface area contributed by atoms with E-state index in [-0.39, 0.29) is 0 Å². The molecule has 4 heterocycles. The number of imidazole rings is 1. The van der Waals surface area contributed by atoms with Crippen LogP contribution in [0, 0.1) is 5.41 Å². The molecule has 0 saturated carbocycles. The van der Waals surface area contributed by atoms with Gasteiger partial charge >= 0.3 is 0 Å². The summed E-state index contributed by atoms with van der Waals surface area (Å²) in [4.78, 5) is 9.17. The van der Waals surface area contributed by atoms with Gasteiger partial charge in [0.15, 0.2) is 0 Å². The van der Waals surface area contributed by atoms with E-state index in [2.05, 4.69) is 15.6 Å². The summed E-state index contributed by atoms with van der Waals surface area (Å²) in [6.45, 7) is 1.92. The standard InChI is InChI=1S/C18H19N7/c19-6-13(7-20)12-4-5-18-22-10-16(25(18)11-12)15-2-1-3-17(24-15)23-14-8-21-9-14/h1-7,10-11,14,19,21H,8-9,20H2,(H,23,24)/b13-7+,19-6?. The van der Waals surface area contributed by atoms with E-state index in [1.54, 1.807) is 0 Å². The predicted molar refractivity (Wildman–Crippen MR) is 99.7 cm³/mol. The summed E-state index contributed by atoms with van der Waals surface area (Å²) in [5.41, 5.74) is 9.68. The van der Waals surface area contributed by atoms with Crippen molar-refractivity contribution < 1.29 is 0 Å². The molecule has 0 aromatic carbocycles. The quantitative estimate of drug-likeness (QED) is 0.532. The second-order valence-electron chi connectivity index (χ2n) is 5.96. The Labute approximate surface area is 145 Å². The van der Waals surface area contributed by atoms with E-state index in [9.17, 15) is 0 Å². The number of hydrogen-bond donors (Lipinski definition) is 4. The van der Waals surface area contributed by atoms with Gasteiger partial charge in [-0.1, -0.05) is 6.07 Å². The first-order chi connectivity index (χ1) is 12.3. The number of pyridine rings is 2. The zero-order valence-electron chi connectivity index (χ0n) is 13.6. The maximum Gasteiger partial charge on any atom is 0.137 e. The molecule has 0 spiro atoms. The molecule has 1 fully saturated rings. The molecule has 0 aliphatic carbocycles. The Balaban J connectivity index is 1.74. The average Bonchev–Trinajstić information content (AvgIpc) is 3.03. The summed E-state index contributed by atoms with van der Waals surface area (Å²) in [7, 11) is 0. The molecule has 1 saturated heterocycles. The lowest BCUT2D eigenvalue weighted by Gasteiger charge is -2.28. The van der Waals surface area contributed by atoms with E-state index >= 15 is 0 Å². The molecule has 0 bridgehead atoms. The second kappa shape index (κ2) is 6.37. The first-order valence-corrected chi connectivity index (χ1v) is 8.13. The number of aromatic nitrogens is 3. The van der Waals surface area contributed by atoms with Gasteiger partial charge in [0.2, 0.25) is 0 Å². The third-order valence-corrected chi connectivity index (χ3v) is 4.32.